The van der Waals surface area contributed by atoms with Gasteiger partial charge in [-0.1, -0.05) is 0 Å². The van der Waals surface area contributed by atoms with Crippen LogP contribution in [0.3, 0.4) is 0 Å². The van der Waals surface area contributed by atoms with E-state index in [1.54, 1.807) is 6.92 Å². The van der Waals surface area contributed by atoms with Crippen LogP contribution in [0.25, 0.3) is 0 Å². The number of hydrogen-bond donors (Lipinski definition) is 1. The molecule has 0 saturated heterocycles. The summed E-state index contributed by atoms with van der Waals surface area (Å²) < 4.78 is 30.0. The average molecular weight is 244 g/mol. The fourth-order valence-electron chi connectivity index (χ4n) is 1.59. The number of halogens is 2. The van der Waals surface area contributed by atoms with Crippen molar-refractivity contribution in [3.8, 4) is 0 Å². The van der Waals surface area contributed by atoms with Crippen LogP contribution in [-0.2, 0) is 22.5 Å². The van der Waals surface area contributed by atoms with Crippen molar-refractivity contribution in [3.05, 3.63) is 28.6 Å². The first-order valence-corrected chi connectivity index (χ1v) is 5.04. The number of carbonyl (C=O) groups is 1. The highest BCUT2D eigenvalue weighted by Gasteiger charge is 2.18. The minimum absolute atomic E-state index is 0.0478. The van der Waals surface area contributed by atoms with E-state index in [0.717, 1.165) is 0 Å². The predicted octanol–water partition coefficient (Wildman–Crippen LogP) is 1.50. The minimum Gasteiger partial charge on any atom is -0.469 e. The SMILES string of the molecule is COC(=O)Cc1cc(C)c(C(F)F)c(CN)n1. The van der Waals surface area contributed by atoms with Crippen LogP contribution >= 0.6 is 0 Å². The fourth-order valence-corrected chi connectivity index (χ4v) is 1.59. The maximum absolute atomic E-state index is 12.7. The molecule has 0 saturated carbocycles. The average Bonchev–Trinajstić information content (AvgIpc) is 2.27. The molecule has 0 aliphatic rings. The monoisotopic (exact) mass is 244 g/mol. The summed E-state index contributed by atoms with van der Waals surface area (Å²) in [5, 5.41) is 0. The number of methoxy groups -OCH3 is 1. The second-order valence-electron chi connectivity index (χ2n) is 3.55. The van der Waals surface area contributed by atoms with Gasteiger partial charge in [-0.3, -0.25) is 9.78 Å². The molecule has 0 aliphatic carbocycles. The van der Waals surface area contributed by atoms with Gasteiger partial charge in [0.25, 0.3) is 6.43 Å². The van der Waals surface area contributed by atoms with Gasteiger partial charge in [-0.15, -0.1) is 0 Å². The summed E-state index contributed by atoms with van der Waals surface area (Å²) in [6, 6.07) is 1.46. The summed E-state index contributed by atoms with van der Waals surface area (Å²) in [5.74, 6) is -0.468. The van der Waals surface area contributed by atoms with E-state index in [1.807, 2.05) is 0 Å². The van der Waals surface area contributed by atoms with Gasteiger partial charge < -0.3 is 10.5 Å². The highest BCUT2D eigenvalue weighted by molar-refractivity contribution is 5.71. The van der Waals surface area contributed by atoms with Crippen LogP contribution in [0.2, 0.25) is 0 Å². The second kappa shape index (κ2) is 5.67. The van der Waals surface area contributed by atoms with E-state index in [0.29, 0.717) is 11.3 Å². The molecular weight excluding hydrogens is 230 g/mol. The Labute approximate surface area is 97.8 Å². The number of alkyl halides is 2. The molecule has 0 amide bonds. The van der Waals surface area contributed by atoms with E-state index in [9.17, 15) is 13.6 Å². The molecular formula is C11H14F2N2O2. The molecule has 0 aromatic carbocycles. The number of aryl methyl sites for hydroxylation is 1. The number of hydrogen-bond acceptors (Lipinski definition) is 4. The molecule has 1 heterocycles. The van der Waals surface area contributed by atoms with Crippen LogP contribution in [-0.4, -0.2) is 18.1 Å². The first-order valence-electron chi connectivity index (χ1n) is 5.04. The Kier molecular flexibility index (Phi) is 4.51. The van der Waals surface area contributed by atoms with Crippen molar-refractivity contribution in [1.29, 1.82) is 0 Å². The van der Waals surface area contributed by atoms with E-state index in [2.05, 4.69) is 9.72 Å². The maximum Gasteiger partial charge on any atom is 0.311 e. The third-order valence-corrected chi connectivity index (χ3v) is 2.36. The molecule has 0 aliphatic heterocycles. The number of esters is 1. The number of carbonyl (C=O) groups excluding carboxylic acids is 1. The molecule has 4 nitrogen and oxygen atoms in total. The smallest absolute Gasteiger partial charge is 0.311 e. The van der Waals surface area contributed by atoms with Crippen molar-refractivity contribution >= 4 is 5.97 Å². The Morgan fingerprint density at radius 1 is 1.59 bits per heavy atom. The van der Waals surface area contributed by atoms with Crippen molar-refractivity contribution in [2.45, 2.75) is 26.3 Å². The van der Waals surface area contributed by atoms with Crippen LogP contribution in [0.5, 0.6) is 0 Å². The molecule has 1 rings (SSSR count). The molecule has 17 heavy (non-hydrogen) atoms. The van der Waals surface area contributed by atoms with Crippen molar-refractivity contribution in [1.82, 2.24) is 4.98 Å². The van der Waals surface area contributed by atoms with Gasteiger partial charge in [-0.05, 0) is 18.6 Å². The standard InChI is InChI=1S/C11H14F2N2O2/c1-6-3-7(4-9(16)17-2)15-8(5-14)10(6)11(12)13/h3,11H,4-5,14H2,1-2H3. The molecule has 0 spiro atoms. The molecule has 0 atom stereocenters. The van der Waals surface area contributed by atoms with Crippen LogP contribution in [0.15, 0.2) is 6.07 Å². The molecule has 6 heteroatoms. The van der Waals surface area contributed by atoms with Crippen LogP contribution in [0.1, 0.15) is 28.9 Å². The summed E-state index contributed by atoms with van der Waals surface area (Å²) in [7, 11) is 1.26. The summed E-state index contributed by atoms with van der Waals surface area (Å²) in [5.41, 5.74) is 6.12. The predicted molar refractivity (Wildman–Crippen MR) is 57.5 cm³/mol. The Hall–Kier alpha value is -1.56. The minimum atomic E-state index is -2.62. The lowest BCUT2D eigenvalue weighted by Crippen LogP contribution is -2.12. The van der Waals surface area contributed by atoms with Gasteiger partial charge in [0.2, 0.25) is 0 Å². The van der Waals surface area contributed by atoms with E-state index in [1.165, 1.54) is 13.2 Å². The first-order chi connectivity index (χ1) is 7.99. The second-order valence-corrected chi connectivity index (χ2v) is 3.55. The van der Waals surface area contributed by atoms with Crippen molar-refractivity contribution in [2.24, 2.45) is 5.73 Å². The normalized spacial score (nSPS) is 10.7. The molecule has 0 bridgehead atoms. The molecule has 0 fully saturated rings. The Morgan fingerprint density at radius 3 is 2.71 bits per heavy atom. The highest BCUT2D eigenvalue weighted by atomic mass is 19.3. The third kappa shape index (κ3) is 3.20. The quantitative estimate of drug-likeness (QED) is 0.815. The zero-order valence-electron chi connectivity index (χ0n) is 9.67. The topological polar surface area (TPSA) is 65.2 Å². The van der Waals surface area contributed by atoms with Crippen LogP contribution < -0.4 is 5.73 Å². The lowest BCUT2D eigenvalue weighted by atomic mass is 10.1. The first kappa shape index (κ1) is 13.5. The number of nitrogens with zero attached hydrogens (tertiary/aromatic N) is 1. The van der Waals surface area contributed by atoms with Crippen molar-refractivity contribution < 1.29 is 18.3 Å². The Bertz CT molecular complexity index is 422. The van der Waals surface area contributed by atoms with Gasteiger partial charge in [0.05, 0.1) is 24.9 Å². The van der Waals surface area contributed by atoms with E-state index >= 15 is 0 Å². The number of nitrogens with two attached hydrogens (primary N) is 1. The number of rotatable bonds is 4. The maximum atomic E-state index is 12.7. The third-order valence-electron chi connectivity index (χ3n) is 2.36. The Balaban J connectivity index is 3.13. The fraction of sp³-hybridized carbons (Fsp3) is 0.455. The van der Waals surface area contributed by atoms with Gasteiger partial charge in [-0.2, -0.15) is 0 Å². The largest absolute Gasteiger partial charge is 0.469 e. The number of aromatic nitrogens is 1. The highest BCUT2D eigenvalue weighted by Crippen LogP contribution is 2.26. The van der Waals surface area contributed by atoms with E-state index in [-0.39, 0.29) is 24.2 Å². The van der Waals surface area contributed by atoms with Gasteiger partial charge in [0.15, 0.2) is 0 Å². The van der Waals surface area contributed by atoms with E-state index in [4.69, 9.17) is 5.73 Å². The number of ether oxygens (including phenoxy) is 1. The lowest BCUT2D eigenvalue weighted by molar-refractivity contribution is -0.139. The van der Waals surface area contributed by atoms with Gasteiger partial charge in [0.1, 0.15) is 0 Å². The summed E-state index contributed by atoms with van der Waals surface area (Å²) in [6.07, 6.45) is -2.67. The van der Waals surface area contributed by atoms with Crippen LogP contribution in [0, 0.1) is 6.92 Å². The zero-order valence-corrected chi connectivity index (χ0v) is 9.67. The summed E-state index contributed by atoms with van der Waals surface area (Å²) in [6.45, 7) is 1.46. The van der Waals surface area contributed by atoms with Gasteiger partial charge in [0, 0.05) is 12.1 Å². The van der Waals surface area contributed by atoms with Gasteiger partial charge >= 0.3 is 5.97 Å². The van der Waals surface area contributed by atoms with Crippen LogP contribution in [0.4, 0.5) is 8.78 Å². The van der Waals surface area contributed by atoms with Crippen molar-refractivity contribution in [3.63, 3.8) is 0 Å². The zero-order chi connectivity index (χ0) is 13.0. The summed E-state index contributed by atoms with van der Waals surface area (Å²) in [4.78, 5) is 15.0. The molecule has 94 valence electrons. The van der Waals surface area contributed by atoms with Gasteiger partial charge in [-0.25, -0.2) is 8.78 Å². The van der Waals surface area contributed by atoms with E-state index < -0.39 is 12.4 Å². The number of pyridine rings is 1. The molecule has 2 N–H and O–H groups in total. The Morgan fingerprint density at radius 2 is 2.24 bits per heavy atom. The lowest BCUT2D eigenvalue weighted by Gasteiger charge is -2.12. The molecule has 0 unspecified atom stereocenters. The van der Waals surface area contributed by atoms with Crippen molar-refractivity contribution in [2.75, 3.05) is 7.11 Å². The molecule has 1 aromatic heterocycles. The summed E-state index contributed by atoms with van der Waals surface area (Å²) >= 11 is 0. The molecule has 0 radical (unpaired) electrons. The molecule has 1 aromatic rings.